The highest BCUT2D eigenvalue weighted by Crippen LogP contribution is 2.32. The van der Waals surface area contributed by atoms with Crippen molar-refractivity contribution >= 4 is 11.5 Å². The van der Waals surface area contributed by atoms with Gasteiger partial charge in [-0.2, -0.15) is 0 Å². The summed E-state index contributed by atoms with van der Waals surface area (Å²) in [6.07, 6.45) is 1.24. The number of hydrogen-bond donors (Lipinski definition) is 0. The zero-order valence-electron chi connectivity index (χ0n) is 11.1. The average molecular weight is 249 g/mol. The molecule has 1 saturated heterocycles. The van der Waals surface area contributed by atoms with Gasteiger partial charge in [-0.25, -0.2) is 0 Å². The van der Waals surface area contributed by atoms with Gasteiger partial charge in [0.2, 0.25) is 0 Å². The second-order valence-corrected chi connectivity index (χ2v) is 4.50. The Bertz CT molecular complexity index is 445. The van der Waals surface area contributed by atoms with Gasteiger partial charge in [0.05, 0.1) is 24.5 Å². The Morgan fingerprint density at radius 2 is 2.17 bits per heavy atom. The van der Waals surface area contributed by atoms with E-state index in [0.29, 0.717) is 11.3 Å². The number of methoxy groups -OCH3 is 2. The van der Waals surface area contributed by atoms with E-state index in [1.807, 2.05) is 18.2 Å². The predicted octanol–water partition coefficient (Wildman–Crippen LogP) is 2.12. The topological polar surface area (TPSA) is 38.8 Å². The number of rotatable bonds is 4. The monoisotopic (exact) mass is 249 g/mol. The molecule has 1 aliphatic heterocycles. The number of benzene rings is 1. The molecule has 4 heteroatoms. The van der Waals surface area contributed by atoms with Crippen molar-refractivity contribution < 1.29 is 14.3 Å². The highest BCUT2D eigenvalue weighted by Gasteiger charge is 2.26. The molecular formula is C14H19NO3. The van der Waals surface area contributed by atoms with Gasteiger partial charge in [0.25, 0.3) is 0 Å². The van der Waals surface area contributed by atoms with Crippen LogP contribution in [0.1, 0.15) is 23.7 Å². The van der Waals surface area contributed by atoms with Crippen molar-refractivity contribution in [2.24, 2.45) is 0 Å². The molecule has 4 nitrogen and oxygen atoms in total. The summed E-state index contributed by atoms with van der Waals surface area (Å²) < 4.78 is 10.6. The molecular weight excluding hydrogens is 230 g/mol. The van der Waals surface area contributed by atoms with E-state index in [1.54, 1.807) is 21.1 Å². The third-order valence-corrected chi connectivity index (χ3v) is 3.40. The molecule has 2 rings (SSSR count). The van der Waals surface area contributed by atoms with Crippen molar-refractivity contribution in [3.05, 3.63) is 23.8 Å². The Morgan fingerprint density at radius 1 is 1.39 bits per heavy atom. The van der Waals surface area contributed by atoms with Gasteiger partial charge in [-0.05, 0) is 25.5 Å². The van der Waals surface area contributed by atoms with Crippen LogP contribution in [0.3, 0.4) is 0 Å². The molecule has 1 aliphatic rings. The minimum absolute atomic E-state index is 0.0308. The normalized spacial score (nSPS) is 19.1. The lowest BCUT2D eigenvalue weighted by molar-refractivity contribution is 0.101. The fourth-order valence-electron chi connectivity index (χ4n) is 2.45. The molecule has 0 amide bonds. The minimum Gasteiger partial charge on any atom is -0.496 e. The predicted molar refractivity (Wildman–Crippen MR) is 70.6 cm³/mol. The van der Waals surface area contributed by atoms with E-state index in [0.717, 1.165) is 25.2 Å². The molecule has 0 saturated carbocycles. The van der Waals surface area contributed by atoms with Crippen LogP contribution < -0.4 is 9.64 Å². The van der Waals surface area contributed by atoms with Crippen LogP contribution in [0.2, 0.25) is 0 Å². The van der Waals surface area contributed by atoms with Gasteiger partial charge in [-0.3, -0.25) is 4.79 Å². The van der Waals surface area contributed by atoms with Crippen LogP contribution in [-0.4, -0.2) is 39.2 Å². The number of ether oxygens (including phenoxy) is 2. The molecule has 98 valence electrons. The summed E-state index contributed by atoms with van der Waals surface area (Å²) in [6, 6.07) is 5.71. The molecule has 0 bridgehead atoms. The summed E-state index contributed by atoms with van der Waals surface area (Å²) in [6.45, 7) is 3.31. The standard InChI is InChI=1S/C14H19NO3/c1-10(16)14-12(5-4-6-13(14)18-3)15-8-7-11(9-15)17-2/h4-6,11H,7-9H2,1-3H3. The molecule has 1 heterocycles. The first-order valence-corrected chi connectivity index (χ1v) is 6.13. The lowest BCUT2D eigenvalue weighted by Crippen LogP contribution is -2.24. The number of carbonyl (C=O) groups is 1. The molecule has 1 aromatic carbocycles. The largest absolute Gasteiger partial charge is 0.496 e. The number of ketones is 1. The molecule has 1 atom stereocenters. The zero-order chi connectivity index (χ0) is 13.1. The van der Waals surface area contributed by atoms with Crippen LogP contribution in [0.5, 0.6) is 5.75 Å². The maximum absolute atomic E-state index is 11.8. The van der Waals surface area contributed by atoms with Gasteiger partial charge >= 0.3 is 0 Å². The Hall–Kier alpha value is -1.55. The minimum atomic E-state index is 0.0308. The number of hydrogen-bond acceptors (Lipinski definition) is 4. The molecule has 1 fully saturated rings. The van der Waals surface area contributed by atoms with Crippen LogP contribution in [-0.2, 0) is 4.74 Å². The zero-order valence-corrected chi connectivity index (χ0v) is 11.1. The highest BCUT2D eigenvalue weighted by atomic mass is 16.5. The lowest BCUT2D eigenvalue weighted by Gasteiger charge is -2.22. The van der Waals surface area contributed by atoms with E-state index in [-0.39, 0.29) is 11.9 Å². The molecule has 0 radical (unpaired) electrons. The molecule has 0 aromatic heterocycles. The number of Topliss-reactive ketones (excluding diaryl/α,β-unsaturated/α-hetero) is 1. The van der Waals surface area contributed by atoms with E-state index in [2.05, 4.69) is 4.90 Å². The Balaban J connectivity index is 2.36. The first kappa shape index (κ1) is 12.9. The quantitative estimate of drug-likeness (QED) is 0.766. The molecule has 1 unspecified atom stereocenters. The van der Waals surface area contributed by atoms with Crippen molar-refractivity contribution in [2.45, 2.75) is 19.4 Å². The smallest absolute Gasteiger partial charge is 0.165 e. The number of nitrogens with zero attached hydrogens (tertiary/aromatic N) is 1. The highest BCUT2D eigenvalue weighted by molar-refractivity contribution is 6.02. The van der Waals surface area contributed by atoms with Gasteiger partial charge in [-0.15, -0.1) is 0 Å². The Labute approximate surface area is 107 Å². The SMILES string of the molecule is COc1cccc(N2CCC(OC)C2)c1C(C)=O. The van der Waals surface area contributed by atoms with E-state index < -0.39 is 0 Å². The van der Waals surface area contributed by atoms with Crippen molar-refractivity contribution in [1.29, 1.82) is 0 Å². The van der Waals surface area contributed by atoms with Crippen LogP contribution in [0, 0.1) is 0 Å². The summed E-state index contributed by atoms with van der Waals surface area (Å²) in [7, 11) is 3.32. The van der Waals surface area contributed by atoms with Crippen molar-refractivity contribution in [3.63, 3.8) is 0 Å². The maximum Gasteiger partial charge on any atom is 0.165 e. The van der Waals surface area contributed by atoms with E-state index in [1.165, 1.54) is 0 Å². The Morgan fingerprint density at radius 3 is 2.72 bits per heavy atom. The molecule has 1 aromatic rings. The first-order chi connectivity index (χ1) is 8.67. The van der Waals surface area contributed by atoms with Gasteiger partial charge < -0.3 is 14.4 Å². The second kappa shape index (κ2) is 5.40. The fraction of sp³-hybridized carbons (Fsp3) is 0.500. The van der Waals surface area contributed by atoms with Gasteiger partial charge in [-0.1, -0.05) is 6.07 Å². The molecule has 0 N–H and O–H groups in total. The summed E-state index contributed by atoms with van der Waals surface area (Å²) in [5, 5.41) is 0. The van der Waals surface area contributed by atoms with Crippen molar-refractivity contribution in [3.8, 4) is 5.75 Å². The molecule has 18 heavy (non-hydrogen) atoms. The van der Waals surface area contributed by atoms with E-state index in [9.17, 15) is 4.79 Å². The third-order valence-electron chi connectivity index (χ3n) is 3.40. The van der Waals surface area contributed by atoms with E-state index >= 15 is 0 Å². The molecule has 0 aliphatic carbocycles. The van der Waals surface area contributed by atoms with Gasteiger partial charge in [0.1, 0.15) is 5.75 Å². The van der Waals surface area contributed by atoms with Crippen molar-refractivity contribution in [2.75, 3.05) is 32.2 Å². The number of anilines is 1. The third kappa shape index (κ3) is 2.34. The summed E-state index contributed by atoms with van der Waals surface area (Å²) in [4.78, 5) is 14.0. The average Bonchev–Trinajstić information content (AvgIpc) is 2.86. The van der Waals surface area contributed by atoms with Crippen LogP contribution in [0.15, 0.2) is 18.2 Å². The summed E-state index contributed by atoms with van der Waals surface area (Å²) in [5.41, 5.74) is 1.61. The van der Waals surface area contributed by atoms with Crippen LogP contribution in [0.4, 0.5) is 5.69 Å². The Kier molecular flexibility index (Phi) is 3.87. The first-order valence-electron chi connectivity index (χ1n) is 6.13. The molecule has 0 spiro atoms. The second-order valence-electron chi connectivity index (χ2n) is 4.50. The number of carbonyl (C=O) groups excluding carboxylic acids is 1. The van der Waals surface area contributed by atoms with Gasteiger partial charge in [0.15, 0.2) is 5.78 Å². The lowest BCUT2D eigenvalue weighted by atomic mass is 10.1. The van der Waals surface area contributed by atoms with Gasteiger partial charge in [0, 0.05) is 20.2 Å². The van der Waals surface area contributed by atoms with E-state index in [4.69, 9.17) is 9.47 Å². The maximum atomic E-state index is 11.8. The fourth-order valence-corrected chi connectivity index (χ4v) is 2.45. The summed E-state index contributed by atoms with van der Waals surface area (Å²) >= 11 is 0. The van der Waals surface area contributed by atoms with Crippen molar-refractivity contribution in [1.82, 2.24) is 0 Å². The van der Waals surface area contributed by atoms with Crippen LogP contribution in [0.25, 0.3) is 0 Å². The van der Waals surface area contributed by atoms with Crippen LogP contribution >= 0.6 is 0 Å². The summed E-state index contributed by atoms with van der Waals surface area (Å²) in [5.74, 6) is 0.671.